The highest BCUT2D eigenvalue weighted by atomic mass is 32.3. The summed E-state index contributed by atoms with van der Waals surface area (Å²) in [6.45, 7) is 3.37. The van der Waals surface area contributed by atoms with Gasteiger partial charge in [-0.15, -0.1) is 4.91 Å². The average Bonchev–Trinajstić information content (AvgIpc) is 2.37. The van der Waals surface area contributed by atoms with E-state index in [1.165, 1.54) is 24.5 Å². The van der Waals surface area contributed by atoms with Gasteiger partial charge in [0.15, 0.2) is 0 Å². The van der Waals surface area contributed by atoms with E-state index in [-0.39, 0.29) is 12.3 Å². The van der Waals surface area contributed by atoms with Gasteiger partial charge in [-0.1, -0.05) is 0 Å². The van der Waals surface area contributed by atoms with E-state index in [1.54, 1.807) is 13.8 Å². The van der Waals surface area contributed by atoms with Crippen LogP contribution in [0.3, 0.4) is 0 Å². The van der Waals surface area contributed by atoms with E-state index in [4.69, 9.17) is 4.74 Å². The normalized spacial score (nSPS) is 15.1. The summed E-state index contributed by atoms with van der Waals surface area (Å²) in [6, 6.07) is 3.95. The van der Waals surface area contributed by atoms with Gasteiger partial charge >= 0.3 is 5.30 Å². The second-order valence-electron chi connectivity index (χ2n) is 3.84. The van der Waals surface area contributed by atoms with Crippen molar-refractivity contribution in [1.82, 2.24) is 0 Å². The van der Waals surface area contributed by atoms with Gasteiger partial charge in [-0.05, 0) is 30.1 Å². The fourth-order valence-electron chi connectivity index (χ4n) is 1.59. The molecule has 0 bridgehead atoms. The van der Waals surface area contributed by atoms with Gasteiger partial charge in [0, 0.05) is 33.5 Å². The zero-order valence-corrected chi connectivity index (χ0v) is 11.6. The summed E-state index contributed by atoms with van der Waals surface area (Å²) < 4.78 is 7.79. The zero-order chi connectivity index (χ0) is 14.6. The molecule has 8 heteroatoms. The highest BCUT2D eigenvalue weighted by molar-refractivity contribution is 8.43. The summed E-state index contributed by atoms with van der Waals surface area (Å²) in [5, 5.41) is 9.96. The number of nitro groups is 1. The van der Waals surface area contributed by atoms with E-state index in [0.29, 0.717) is 10.5 Å². The SMILES string of the molecule is CCOC(=O)S(C)(N=O)c1ccc([N+](=O)[O-])cc1C. The lowest BCUT2D eigenvalue weighted by Crippen LogP contribution is -2.12. The number of hydrogen-bond donors (Lipinski definition) is 0. The predicted octanol–water partition coefficient (Wildman–Crippen LogP) is 3.53. The zero-order valence-electron chi connectivity index (χ0n) is 10.8. The molecule has 0 saturated heterocycles. The van der Waals surface area contributed by atoms with Crippen LogP contribution in [0.5, 0.6) is 0 Å². The summed E-state index contributed by atoms with van der Waals surface area (Å²) in [7, 11) is -2.68. The van der Waals surface area contributed by atoms with Crippen LogP contribution in [0.4, 0.5) is 10.5 Å². The molecule has 0 fully saturated rings. The van der Waals surface area contributed by atoms with Crippen molar-refractivity contribution >= 4 is 21.2 Å². The van der Waals surface area contributed by atoms with Crippen molar-refractivity contribution < 1.29 is 14.5 Å². The number of hydrogen-bond acceptors (Lipinski definition) is 6. The molecule has 19 heavy (non-hydrogen) atoms. The molecule has 1 unspecified atom stereocenters. The Bertz CT molecular complexity index is 534. The molecule has 0 aromatic heterocycles. The van der Waals surface area contributed by atoms with Crippen LogP contribution in [0, 0.1) is 21.9 Å². The Morgan fingerprint density at radius 1 is 1.53 bits per heavy atom. The second-order valence-corrected chi connectivity index (χ2v) is 6.51. The molecule has 0 radical (unpaired) electrons. The van der Waals surface area contributed by atoms with Crippen LogP contribution < -0.4 is 0 Å². The molecule has 0 aliphatic heterocycles. The summed E-state index contributed by atoms with van der Waals surface area (Å²) in [5.41, 5.74) is 0.372. The van der Waals surface area contributed by atoms with Crippen molar-refractivity contribution in [2.24, 2.45) is 4.58 Å². The standard InChI is InChI=1S/C11H14N2O5S/c1-4-18-11(14)19(3,12-15)10-6-5-9(13(16)17)7-8(10)2/h5-7H,4H2,1-3H3. The number of carbonyl (C=O) groups is 1. The average molecular weight is 286 g/mol. The van der Waals surface area contributed by atoms with Gasteiger partial charge in [-0.25, -0.2) is 4.79 Å². The molecule has 0 heterocycles. The highest BCUT2D eigenvalue weighted by Crippen LogP contribution is 2.56. The minimum atomic E-state index is -2.68. The number of nitrogens with zero attached hydrogens (tertiary/aromatic N) is 2. The Labute approximate surface area is 111 Å². The molecule has 104 valence electrons. The molecule has 7 nitrogen and oxygen atoms in total. The first-order valence-corrected chi connectivity index (χ1v) is 7.41. The van der Waals surface area contributed by atoms with Crippen molar-refractivity contribution in [3.05, 3.63) is 38.8 Å². The van der Waals surface area contributed by atoms with Crippen molar-refractivity contribution in [3.8, 4) is 0 Å². The summed E-state index contributed by atoms with van der Waals surface area (Å²) in [5.74, 6) is 0. The lowest BCUT2D eigenvalue weighted by atomic mass is 10.2. The topological polar surface area (TPSA) is 98.9 Å². The van der Waals surface area contributed by atoms with Gasteiger partial charge in [0.25, 0.3) is 5.69 Å². The summed E-state index contributed by atoms with van der Waals surface area (Å²) >= 11 is 0. The van der Waals surface area contributed by atoms with Crippen LogP contribution >= 0.6 is 10.2 Å². The van der Waals surface area contributed by atoms with E-state index in [1.807, 2.05) is 0 Å². The molecule has 0 aliphatic carbocycles. The third kappa shape index (κ3) is 2.90. The Morgan fingerprint density at radius 2 is 2.16 bits per heavy atom. The first-order chi connectivity index (χ1) is 8.86. The third-order valence-electron chi connectivity index (χ3n) is 2.53. The van der Waals surface area contributed by atoms with Crippen LogP contribution in [0.25, 0.3) is 0 Å². The number of ether oxygens (including phenoxy) is 1. The Hall–Kier alpha value is -1.96. The van der Waals surface area contributed by atoms with Crippen LogP contribution in [0.1, 0.15) is 12.5 Å². The van der Waals surface area contributed by atoms with E-state index < -0.39 is 20.4 Å². The smallest absolute Gasteiger partial charge is 0.375 e. The molecule has 1 rings (SSSR count). The Balaban J connectivity index is 3.30. The number of aryl methyl sites for hydroxylation is 1. The number of benzene rings is 1. The molecule has 0 spiro atoms. The Kier molecular flexibility index (Phi) is 4.60. The molecule has 1 aromatic carbocycles. The van der Waals surface area contributed by atoms with Crippen LogP contribution in [-0.4, -0.2) is 23.1 Å². The third-order valence-corrected chi connectivity index (χ3v) is 4.91. The van der Waals surface area contributed by atoms with E-state index in [9.17, 15) is 19.8 Å². The van der Waals surface area contributed by atoms with Gasteiger partial charge in [-0.2, -0.15) is 0 Å². The van der Waals surface area contributed by atoms with Crippen LogP contribution in [-0.2, 0) is 4.74 Å². The molecular weight excluding hydrogens is 272 g/mol. The number of non-ortho nitro benzene ring substituents is 1. The minimum Gasteiger partial charge on any atom is -0.457 e. The van der Waals surface area contributed by atoms with Gasteiger partial charge in [0.2, 0.25) is 0 Å². The molecular formula is C11H14N2O5S. The van der Waals surface area contributed by atoms with Crippen molar-refractivity contribution in [2.45, 2.75) is 18.7 Å². The first-order valence-electron chi connectivity index (χ1n) is 5.41. The van der Waals surface area contributed by atoms with E-state index in [2.05, 4.69) is 4.58 Å². The van der Waals surface area contributed by atoms with Crippen molar-refractivity contribution in [3.63, 3.8) is 0 Å². The van der Waals surface area contributed by atoms with Gasteiger partial charge < -0.3 is 4.74 Å². The monoisotopic (exact) mass is 286 g/mol. The highest BCUT2D eigenvalue weighted by Gasteiger charge is 2.34. The number of carbonyl (C=O) groups excluding carboxylic acids is 1. The maximum absolute atomic E-state index is 11.9. The number of nitroso groups, excluding NO2 is 1. The molecule has 0 N–H and O–H groups in total. The van der Waals surface area contributed by atoms with E-state index in [0.717, 1.165) is 0 Å². The van der Waals surface area contributed by atoms with Gasteiger partial charge in [-0.3, -0.25) is 10.1 Å². The minimum absolute atomic E-state index is 0.0993. The van der Waals surface area contributed by atoms with Crippen LogP contribution in [0.15, 0.2) is 27.7 Å². The molecule has 1 atom stereocenters. The predicted molar refractivity (Wildman–Crippen MR) is 72.4 cm³/mol. The maximum Gasteiger partial charge on any atom is 0.375 e. The van der Waals surface area contributed by atoms with Gasteiger partial charge in [0.05, 0.1) is 11.5 Å². The lowest BCUT2D eigenvalue weighted by Gasteiger charge is -2.25. The van der Waals surface area contributed by atoms with Crippen LogP contribution in [0.2, 0.25) is 0 Å². The van der Waals surface area contributed by atoms with Gasteiger partial charge in [0.1, 0.15) is 0 Å². The fourth-order valence-corrected chi connectivity index (χ4v) is 3.27. The molecule has 0 saturated carbocycles. The molecule has 1 aromatic rings. The van der Waals surface area contributed by atoms with Crippen molar-refractivity contribution in [2.75, 3.05) is 12.9 Å². The largest absolute Gasteiger partial charge is 0.457 e. The first kappa shape index (κ1) is 15.1. The summed E-state index contributed by atoms with van der Waals surface area (Å²) in [4.78, 5) is 33.4. The van der Waals surface area contributed by atoms with Crippen molar-refractivity contribution in [1.29, 1.82) is 0 Å². The Morgan fingerprint density at radius 3 is 2.58 bits per heavy atom. The molecule has 0 amide bonds. The summed E-state index contributed by atoms with van der Waals surface area (Å²) in [6.07, 6.45) is 1.41. The molecule has 0 aliphatic rings. The fraction of sp³-hybridized carbons (Fsp3) is 0.364. The second kappa shape index (κ2) is 5.79. The number of nitro benzene ring substituents is 1. The maximum atomic E-state index is 11.9. The quantitative estimate of drug-likeness (QED) is 0.365. The lowest BCUT2D eigenvalue weighted by molar-refractivity contribution is -0.385. The van der Waals surface area contributed by atoms with E-state index >= 15 is 0 Å². The number of rotatable bonds is 4.